The Morgan fingerprint density at radius 1 is 1.12 bits per heavy atom. The van der Waals surface area contributed by atoms with Crippen molar-refractivity contribution in [3.63, 3.8) is 0 Å². The highest BCUT2D eigenvalue weighted by Gasteiger charge is 2.06. The largest absolute Gasteiger partial charge is 0.494 e. The molecule has 0 spiro atoms. The maximum atomic E-state index is 12.8. The molecule has 0 saturated carbocycles. The molecule has 0 unspecified atom stereocenters. The molecule has 0 saturated heterocycles. The number of unbranched alkanes of at least 4 members (excludes halogenated alkanes) is 1. The lowest BCUT2D eigenvalue weighted by molar-refractivity contribution is 0.0952. The number of anilines is 1. The van der Waals surface area contributed by atoms with Gasteiger partial charge in [0.15, 0.2) is 0 Å². The number of nitrogens with zero attached hydrogens (tertiary/aromatic N) is 1. The van der Waals surface area contributed by atoms with Gasteiger partial charge in [-0.2, -0.15) is 0 Å². The second-order valence-electron chi connectivity index (χ2n) is 5.71. The van der Waals surface area contributed by atoms with Crippen LogP contribution < -0.4 is 15.0 Å². The summed E-state index contributed by atoms with van der Waals surface area (Å²) >= 11 is 0. The van der Waals surface area contributed by atoms with Gasteiger partial charge >= 0.3 is 0 Å². The number of rotatable bonds is 8. The fraction of sp³-hybridized carbons (Fsp3) is 0.316. The van der Waals surface area contributed by atoms with Crippen LogP contribution in [0.1, 0.15) is 23.2 Å². The van der Waals surface area contributed by atoms with E-state index in [1.807, 2.05) is 37.2 Å². The van der Waals surface area contributed by atoms with Gasteiger partial charge in [0.05, 0.1) is 6.61 Å². The van der Waals surface area contributed by atoms with Gasteiger partial charge in [-0.05, 0) is 55.3 Å². The number of nitrogens with one attached hydrogen (secondary N) is 1. The molecule has 0 atom stereocenters. The van der Waals surface area contributed by atoms with Crippen LogP contribution in [0.3, 0.4) is 0 Å². The SMILES string of the molecule is CN(C)c1cccc(C(=O)NCCCCOc2ccc(F)cc2)c1. The van der Waals surface area contributed by atoms with Crippen molar-refractivity contribution < 1.29 is 13.9 Å². The van der Waals surface area contributed by atoms with E-state index in [0.717, 1.165) is 18.5 Å². The number of hydrogen-bond donors (Lipinski definition) is 1. The molecule has 5 heteroatoms. The summed E-state index contributed by atoms with van der Waals surface area (Å²) < 4.78 is 18.3. The van der Waals surface area contributed by atoms with E-state index in [0.29, 0.717) is 24.5 Å². The minimum Gasteiger partial charge on any atom is -0.494 e. The molecule has 2 aromatic rings. The molecule has 1 amide bonds. The molecule has 0 heterocycles. The standard InChI is InChI=1S/C19H23FN2O2/c1-22(2)17-7-5-6-15(14-17)19(23)21-12-3-4-13-24-18-10-8-16(20)9-11-18/h5-11,14H,3-4,12-13H2,1-2H3,(H,21,23). The Morgan fingerprint density at radius 3 is 2.58 bits per heavy atom. The smallest absolute Gasteiger partial charge is 0.251 e. The van der Waals surface area contributed by atoms with Crippen LogP contribution in [-0.2, 0) is 0 Å². The summed E-state index contributed by atoms with van der Waals surface area (Å²) in [5.74, 6) is 0.308. The second-order valence-corrected chi connectivity index (χ2v) is 5.71. The maximum absolute atomic E-state index is 12.8. The molecule has 2 rings (SSSR count). The summed E-state index contributed by atoms with van der Waals surface area (Å²) in [5, 5.41) is 2.91. The summed E-state index contributed by atoms with van der Waals surface area (Å²) in [6, 6.07) is 13.5. The van der Waals surface area contributed by atoms with E-state index in [-0.39, 0.29) is 11.7 Å². The van der Waals surface area contributed by atoms with Gasteiger partial charge in [0.25, 0.3) is 5.91 Å². The third-order valence-corrected chi connectivity index (χ3v) is 3.56. The zero-order valence-electron chi connectivity index (χ0n) is 14.1. The topological polar surface area (TPSA) is 41.6 Å². The fourth-order valence-electron chi connectivity index (χ4n) is 2.18. The van der Waals surface area contributed by atoms with Gasteiger partial charge in [0.1, 0.15) is 11.6 Å². The quantitative estimate of drug-likeness (QED) is 0.754. The number of ether oxygens (including phenoxy) is 1. The number of hydrogen-bond acceptors (Lipinski definition) is 3. The van der Waals surface area contributed by atoms with E-state index in [2.05, 4.69) is 5.32 Å². The average Bonchev–Trinajstić information content (AvgIpc) is 2.59. The summed E-state index contributed by atoms with van der Waals surface area (Å²) in [4.78, 5) is 14.1. The first-order valence-electron chi connectivity index (χ1n) is 8.00. The molecule has 0 bridgehead atoms. The van der Waals surface area contributed by atoms with Crippen molar-refractivity contribution in [1.82, 2.24) is 5.32 Å². The van der Waals surface area contributed by atoms with E-state index in [1.165, 1.54) is 12.1 Å². The summed E-state index contributed by atoms with van der Waals surface area (Å²) in [6.07, 6.45) is 1.63. The van der Waals surface area contributed by atoms with Crippen molar-refractivity contribution in [1.29, 1.82) is 0 Å². The Labute approximate surface area is 142 Å². The van der Waals surface area contributed by atoms with Crippen molar-refractivity contribution in [3.05, 3.63) is 59.9 Å². The molecular formula is C19H23FN2O2. The highest BCUT2D eigenvalue weighted by Crippen LogP contribution is 2.13. The highest BCUT2D eigenvalue weighted by atomic mass is 19.1. The molecule has 1 N–H and O–H groups in total. The van der Waals surface area contributed by atoms with Crippen LogP contribution in [0.2, 0.25) is 0 Å². The van der Waals surface area contributed by atoms with Gasteiger partial charge in [-0.25, -0.2) is 4.39 Å². The van der Waals surface area contributed by atoms with Crippen LogP contribution in [0.25, 0.3) is 0 Å². The number of amides is 1. The lowest BCUT2D eigenvalue weighted by Crippen LogP contribution is -2.25. The molecule has 0 radical (unpaired) electrons. The molecule has 0 fully saturated rings. The average molecular weight is 330 g/mol. The van der Waals surface area contributed by atoms with E-state index in [1.54, 1.807) is 18.2 Å². The van der Waals surface area contributed by atoms with E-state index < -0.39 is 0 Å². The first-order valence-corrected chi connectivity index (χ1v) is 8.00. The summed E-state index contributed by atoms with van der Waals surface area (Å²) in [7, 11) is 3.89. The molecule has 0 aliphatic carbocycles. The van der Waals surface area contributed by atoms with E-state index in [4.69, 9.17) is 4.74 Å². The van der Waals surface area contributed by atoms with Crippen molar-refractivity contribution in [2.75, 3.05) is 32.1 Å². The molecular weight excluding hydrogens is 307 g/mol. The predicted octanol–water partition coefficient (Wildman–Crippen LogP) is 3.48. The normalized spacial score (nSPS) is 10.3. The van der Waals surface area contributed by atoms with Crippen LogP contribution in [0.5, 0.6) is 5.75 Å². The van der Waals surface area contributed by atoms with Crippen LogP contribution in [0.4, 0.5) is 10.1 Å². The first kappa shape index (κ1) is 17.8. The number of carbonyl (C=O) groups excluding carboxylic acids is 1. The summed E-state index contributed by atoms with van der Waals surface area (Å²) in [6.45, 7) is 1.13. The predicted molar refractivity (Wildman–Crippen MR) is 94.2 cm³/mol. The van der Waals surface area contributed by atoms with Gasteiger partial charge in [0.2, 0.25) is 0 Å². The third kappa shape index (κ3) is 5.57. The molecule has 128 valence electrons. The van der Waals surface area contributed by atoms with Gasteiger partial charge in [-0.3, -0.25) is 4.79 Å². The Hall–Kier alpha value is -2.56. The lowest BCUT2D eigenvalue weighted by atomic mass is 10.2. The molecule has 4 nitrogen and oxygen atoms in total. The zero-order valence-corrected chi connectivity index (χ0v) is 14.1. The zero-order chi connectivity index (χ0) is 17.4. The molecule has 24 heavy (non-hydrogen) atoms. The van der Waals surface area contributed by atoms with Gasteiger partial charge in [0, 0.05) is 31.9 Å². The van der Waals surface area contributed by atoms with E-state index in [9.17, 15) is 9.18 Å². The van der Waals surface area contributed by atoms with E-state index >= 15 is 0 Å². The summed E-state index contributed by atoms with van der Waals surface area (Å²) in [5.41, 5.74) is 1.65. The molecule has 2 aromatic carbocycles. The van der Waals surface area contributed by atoms with Crippen LogP contribution in [0, 0.1) is 5.82 Å². The van der Waals surface area contributed by atoms with Crippen molar-refractivity contribution in [3.8, 4) is 5.75 Å². The number of benzene rings is 2. The maximum Gasteiger partial charge on any atom is 0.251 e. The van der Waals surface area contributed by atoms with Crippen LogP contribution in [-0.4, -0.2) is 33.2 Å². The van der Waals surface area contributed by atoms with Crippen molar-refractivity contribution in [2.24, 2.45) is 0 Å². The van der Waals surface area contributed by atoms with Crippen molar-refractivity contribution in [2.45, 2.75) is 12.8 Å². The minimum absolute atomic E-state index is 0.0712. The van der Waals surface area contributed by atoms with Crippen LogP contribution >= 0.6 is 0 Å². The minimum atomic E-state index is -0.275. The highest BCUT2D eigenvalue weighted by molar-refractivity contribution is 5.95. The van der Waals surface area contributed by atoms with Gasteiger partial charge in [-0.15, -0.1) is 0 Å². The molecule has 0 aliphatic heterocycles. The van der Waals surface area contributed by atoms with Crippen LogP contribution in [0.15, 0.2) is 48.5 Å². The Bertz CT molecular complexity index is 657. The monoisotopic (exact) mass is 330 g/mol. The Balaban J connectivity index is 1.66. The lowest BCUT2D eigenvalue weighted by Gasteiger charge is -2.13. The van der Waals surface area contributed by atoms with Gasteiger partial charge < -0.3 is 15.0 Å². The first-order chi connectivity index (χ1) is 11.6. The van der Waals surface area contributed by atoms with Gasteiger partial charge in [-0.1, -0.05) is 6.07 Å². The fourth-order valence-corrected chi connectivity index (χ4v) is 2.18. The third-order valence-electron chi connectivity index (χ3n) is 3.56. The Morgan fingerprint density at radius 2 is 1.88 bits per heavy atom. The number of carbonyl (C=O) groups is 1. The Kier molecular flexibility index (Phi) is 6.61. The van der Waals surface area contributed by atoms with Crippen molar-refractivity contribution >= 4 is 11.6 Å². The molecule has 0 aliphatic rings. The molecule has 0 aromatic heterocycles. The second kappa shape index (κ2) is 8.91. The number of halogens is 1.